The highest BCUT2D eigenvalue weighted by Crippen LogP contribution is 2.43. The fraction of sp³-hybridized carbons (Fsp3) is 0.750. The van der Waals surface area contributed by atoms with E-state index >= 15 is 0 Å². The van der Waals surface area contributed by atoms with Crippen LogP contribution in [0.2, 0.25) is 0 Å². The molecule has 0 amide bonds. The molecule has 0 saturated heterocycles. The third-order valence-corrected chi connectivity index (χ3v) is 6.76. The Hall–Kier alpha value is -1.82. The maximum atomic E-state index is 12.3. The van der Waals surface area contributed by atoms with Crippen molar-refractivity contribution in [3.8, 4) is 0 Å². The SMILES string of the molecule is CC1C=CC2=CC(O)CC(OCC(=O)C(=O)C(C)(C)N=O)C2C1CCC(O)CC(O)CCOO. The van der Waals surface area contributed by atoms with Crippen molar-refractivity contribution >= 4 is 11.6 Å². The van der Waals surface area contributed by atoms with Gasteiger partial charge in [-0.1, -0.05) is 30.3 Å². The van der Waals surface area contributed by atoms with Crippen LogP contribution < -0.4 is 0 Å². The van der Waals surface area contributed by atoms with Crippen LogP contribution in [-0.2, 0) is 19.2 Å². The Kier molecular flexibility index (Phi) is 10.7. The zero-order chi connectivity index (χ0) is 25.5. The summed E-state index contributed by atoms with van der Waals surface area (Å²) in [5, 5.41) is 41.7. The van der Waals surface area contributed by atoms with Gasteiger partial charge in [0, 0.05) is 12.3 Å². The number of hydrogen-bond donors (Lipinski definition) is 4. The molecule has 0 aromatic carbocycles. The van der Waals surface area contributed by atoms with Gasteiger partial charge in [0.15, 0.2) is 5.54 Å². The third-order valence-electron chi connectivity index (χ3n) is 6.76. The Balaban J connectivity index is 2.07. The number of aliphatic hydroxyl groups excluding tert-OH is 3. The van der Waals surface area contributed by atoms with Gasteiger partial charge in [-0.15, -0.1) is 4.91 Å². The number of fused-ring (bicyclic) bond motifs is 1. The molecule has 0 spiro atoms. The van der Waals surface area contributed by atoms with Crippen molar-refractivity contribution in [2.75, 3.05) is 13.2 Å². The van der Waals surface area contributed by atoms with Crippen LogP contribution in [0.1, 0.15) is 52.9 Å². The zero-order valence-corrected chi connectivity index (χ0v) is 20.0. The lowest BCUT2D eigenvalue weighted by Gasteiger charge is -2.43. The van der Waals surface area contributed by atoms with Gasteiger partial charge in [0.2, 0.25) is 11.6 Å². The second kappa shape index (κ2) is 12.8. The smallest absolute Gasteiger partial charge is 0.231 e. The molecule has 4 N–H and O–H groups in total. The molecule has 7 unspecified atom stereocenters. The van der Waals surface area contributed by atoms with Crippen molar-refractivity contribution in [3.05, 3.63) is 28.7 Å². The van der Waals surface area contributed by atoms with Gasteiger partial charge in [-0.05, 0) is 56.9 Å². The average Bonchev–Trinajstić information content (AvgIpc) is 2.79. The molecule has 7 atom stereocenters. The molecule has 0 saturated carbocycles. The first-order chi connectivity index (χ1) is 16.0. The number of rotatable bonds is 14. The molecular formula is C24H37NO9. The largest absolute Gasteiger partial charge is 0.393 e. The minimum Gasteiger partial charge on any atom is -0.393 e. The number of carbonyl (C=O) groups excluding carboxylic acids is 2. The zero-order valence-electron chi connectivity index (χ0n) is 20.0. The molecular weight excluding hydrogens is 446 g/mol. The maximum absolute atomic E-state index is 12.3. The molecule has 0 aromatic rings. The third kappa shape index (κ3) is 7.59. The van der Waals surface area contributed by atoms with E-state index in [1.807, 2.05) is 19.1 Å². The molecule has 0 radical (unpaired) electrons. The van der Waals surface area contributed by atoms with E-state index in [1.165, 1.54) is 13.8 Å². The Morgan fingerprint density at radius 2 is 1.91 bits per heavy atom. The van der Waals surface area contributed by atoms with E-state index in [0.29, 0.717) is 12.8 Å². The second-order valence-corrected chi connectivity index (χ2v) is 9.87. The maximum Gasteiger partial charge on any atom is 0.231 e. The summed E-state index contributed by atoms with van der Waals surface area (Å²) in [6.45, 7) is 4.07. The average molecular weight is 484 g/mol. The molecule has 0 aliphatic heterocycles. The molecule has 2 rings (SSSR count). The first-order valence-electron chi connectivity index (χ1n) is 11.7. The van der Waals surface area contributed by atoms with Crippen LogP contribution in [0.3, 0.4) is 0 Å². The van der Waals surface area contributed by atoms with Gasteiger partial charge in [0.05, 0.1) is 31.0 Å². The van der Waals surface area contributed by atoms with Crippen molar-refractivity contribution in [1.82, 2.24) is 0 Å². The van der Waals surface area contributed by atoms with Gasteiger partial charge in [-0.3, -0.25) is 14.8 Å². The van der Waals surface area contributed by atoms with Crippen LogP contribution in [0, 0.1) is 22.7 Å². The summed E-state index contributed by atoms with van der Waals surface area (Å²) in [4.78, 5) is 39.4. The molecule has 0 heterocycles. The number of ketones is 2. The number of hydrogen-bond acceptors (Lipinski definition) is 10. The van der Waals surface area contributed by atoms with E-state index < -0.39 is 48.1 Å². The minimum atomic E-state index is -1.66. The minimum absolute atomic E-state index is 0.0166. The van der Waals surface area contributed by atoms with Crippen LogP contribution >= 0.6 is 0 Å². The van der Waals surface area contributed by atoms with Gasteiger partial charge in [0.1, 0.15) is 6.61 Å². The van der Waals surface area contributed by atoms with E-state index in [4.69, 9.17) is 9.99 Å². The van der Waals surface area contributed by atoms with Crippen LogP contribution in [0.5, 0.6) is 0 Å². The first kappa shape index (κ1) is 28.4. The van der Waals surface area contributed by atoms with Crippen molar-refractivity contribution in [3.63, 3.8) is 0 Å². The van der Waals surface area contributed by atoms with E-state index in [9.17, 15) is 29.8 Å². The summed E-state index contributed by atoms with van der Waals surface area (Å²) in [7, 11) is 0. The highest BCUT2D eigenvalue weighted by atomic mass is 17.1. The summed E-state index contributed by atoms with van der Waals surface area (Å²) in [5.74, 6) is -1.73. The Labute approximate surface area is 199 Å². The summed E-state index contributed by atoms with van der Waals surface area (Å²) in [6.07, 6.45) is 4.57. The molecule has 2 aliphatic carbocycles. The summed E-state index contributed by atoms with van der Waals surface area (Å²) in [6, 6.07) is 0. The van der Waals surface area contributed by atoms with Crippen molar-refractivity contribution in [2.45, 2.75) is 82.8 Å². The fourth-order valence-electron chi connectivity index (χ4n) is 4.79. The molecule has 10 heteroatoms. The summed E-state index contributed by atoms with van der Waals surface area (Å²) >= 11 is 0. The van der Waals surface area contributed by atoms with Crippen LogP contribution in [0.15, 0.2) is 29.0 Å². The number of allylic oxidation sites excluding steroid dienone is 2. The van der Waals surface area contributed by atoms with Gasteiger partial charge >= 0.3 is 0 Å². The standard InChI is InChI=1S/C24H37NO9/c1-14-4-5-15-10-18(28)12-21(33-13-20(29)23(30)24(2,3)25-31)22(15)19(14)7-6-16(26)11-17(27)8-9-34-32/h4-5,10,14,16-19,21-22,26-28,32H,6-9,11-13H2,1-3H3. The van der Waals surface area contributed by atoms with Crippen molar-refractivity contribution in [2.24, 2.45) is 22.9 Å². The van der Waals surface area contributed by atoms with Crippen molar-refractivity contribution in [1.29, 1.82) is 0 Å². The summed E-state index contributed by atoms with van der Waals surface area (Å²) in [5.41, 5.74) is -0.776. The Bertz CT molecular complexity index is 778. The van der Waals surface area contributed by atoms with Crippen LogP contribution in [-0.4, -0.2) is 75.3 Å². The first-order valence-corrected chi connectivity index (χ1v) is 11.7. The van der Waals surface area contributed by atoms with Gasteiger partial charge in [0.25, 0.3) is 0 Å². The lowest BCUT2D eigenvalue weighted by molar-refractivity contribution is -0.245. The molecule has 0 aromatic heterocycles. The Morgan fingerprint density at radius 3 is 2.56 bits per heavy atom. The number of nitroso groups, excluding NO2 is 1. The normalized spacial score (nSPS) is 28.6. The number of carbonyl (C=O) groups is 2. The monoisotopic (exact) mass is 483 g/mol. The van der Waals surface area contributed by atoms with E-state index in [-0.39, 0.29) is 43.6 Å². The molecule has 0 fully saturated rings. The Morgan fingerprint density at radius 1 is 1.24 bits per heavy atom. The number of aliphatic hydroxyl groups is 3. The summed E-state index contributed by atoms with van der Waals surface area (Å²) < 4.78 is 5.85. The van der Waals surface area contributed by atoms with E-state index in [0.717, 1.165) is 5.57 Å². The molecule has 10 nitrogen and oxygen atoms in total. The second-order valence-electron chi connectivity index (χ2n) is 9.87. The van der Waals surface area contributed by atoms with E-state index in [2.05, 4.69) is 10.1 Å². The van der Waals surface area contributed by atoms with Crippen LogP contribution in [0.25, 0.3) is 0 Å². The lowest BCUT2D eigenvalue weighted by Crippen LogP contribution is -2.44. The fourth-order valence-corrected chi connectivity index (χ4v) is 4.79. The predicted octanol–water partition coefficient (Wildman–Crippen LogP) is 1.96. The lowest BCUT2D eigenvalue weighted by atomic mass is 9.66. The predicted molar refractivity (Wildman–Crippen MR) is 123 cm³/mol. The number of Topliss-reactive ketones (excluding diaryl/α,β-unsaturated/α-hetero) is 2. The number of nitrogens with zero attached hydrogens (tertiary/aromatic N) is 1. The molecule has 34 heavy (non-hydrogen) atoms. The topological polar surface area (TPSA) is 163 Å². The molecule has 2 aliphatic rings. The van der Waals surface area contributed by atoms with Gasteiger partial charge in [-0.25, -0.2) is 4.89 Å². The van der Waals surface area contributed by atoms with Gasteiger partial charge in [-0.2, -0.15) is 0 Å². The highest BCUT2D eigenvalue weighted by Gasteiger charge is 2.42. The van der Waals surface area contributed by atoms with Crippen molar-refractivity contribution < 1.29 is 39.8 Å². The van der Waals surface area contributed by atoms with Gasteiger partial charge < -0.3 is 20.1 Å². The van der Waals surface area contributed by atoms with Crippen LogP contribution in [0.4, 0.5) is 0 Å². The quantitative estimate of drug-likeness (QED) is 0.125. The van der Waals surface area contributed by atoms with E-state index in [1.54, 1.807) is 6.08 Å². The molecule has 0 bridgehead atoms. The number of ether oxygens (including phenoxy) is 1. The highest BCUT2D eigenvalue weighted by molar-refractivity contribution is 6.41. The molecule has 192 valence electrons.